The van der Waals surface area contributed by atoms with Gasteiger partial charge in [-0.25, -0.2) is 0 Å². The van der Waals surface area contributed by atoms with Gasteiger partial charge in [-0.3, -0.25) is 0 Å². The molecule has 1 atom stereocenters. The fourth-order valence-electron chi connectivity index (χ4n) is 2.50. The summed E-state index contributed by atoms with van der Waals surface area (Å²) in [5, 5.41) is 6.66. The van der Waals surface area contributed by atoms with Gasteiger partial charge in [0.15, 0.2) is 0 Å². The quantitative estimate of drug-likeness (QED) is 0.810. The maximum absolute atomic E-state index is 5.51. The molecule has 1 heterocycles. The molecule has 0 bridgehead atoms. The van der Waals surface area contributed by atoms with Gasteiger partial charge in [0.05, 0.1) is 26.9 Å². The lowest BCUT2D eigenvalue weighted by atomic mass is 9.87. The average Bonchev–Trinajstić information content (AvgIpc) is 2.41. The highest BCUT2D eigenvalue weighted by Crippen LogP contribution is 2.41. The minimum Gasteiger partial charge on any atom is -0.496 e. The molecule has 106 valence electrons. The molecule has 0 spiro atoms. The summed E-state index contributed by atoms with van der Waals surface area (Å²) in [5.41, 5.74) is 1.06. The van der Waals surface area contributed by atoms with E-state index >= 15 is 0 Å². The van der Waals surface area contributed by atoms with Crippen molar-refractivity contribution in [2.24, 2.45) is 5.92 Å². The summed E-state index contributed by atoms with van der Waals surface area (Å²) in [5.74, 6) is 2.87. The minimum atomic E-state index is 0.206. The van der Waals surface area contributed by atoms with Gasteiger partial charge in [-0.2, -0.15) is 0 Å². The van der Waals surface area contributed by atoms with Crippen molar-refractivity contribution in [1.82, 2.24) is 10.6 Å². The molecule has 1 fully saturated rings. The second kappa shape index (κ2) is 6.12. The number of methoxy groups -OCH3 is 3. The van der Waals surface area contributed by atoms with Crippen molar-refractivity contribution in [3.63, 3.8) is 0 Å². The zero-order valence-electron chi connectivity index (χ0n) is 11.9. The number of benzene rings is 1. The second-order valence-electron chi connectivity index (χ2n) is 4.63. The Morgan fingerprint density at radius 1 is 1.11 bits per heavy atom. The summed E-state index contributed by atoms with van der Waals surface area (Å²) in [4.78, 5) is 0. The van der Waals surface area contributed by atoms with Crippen molar-refractivity contribution < 1.29 is 14.2 Å². The Hall–Kier alpha value is -1.46. The fraction of sp³-hybridized carbons (Fsp3) is 0.571. The van der Waals surface area contributed by atoms with E-state index in [2.05, 4.69) is 10.6 Å². The van der Waals surface area contributed by atoms with Crippen LogP contribution in [-0.2, 0) is 0 Å². The van der Waals surface area contributed by atoms with E-state index in [0.717, 1.165) is 35.9 Å². The number of rotatable bonds is 6. The van der Waals surface area contributed by atoms with Crippen molar-refractivity contribution >= 4 is 0 Å². The van der Waals surface area contributed by atoms with E-state index in [1.54, 1.807) is 21.3 Å². The third kappa shape index (κ3) is 2.62. The summed E-state index contributed by atoms with van der Waals surface area (Å²) < 4.78 is 16.3. The van der Waals surface area contributed by atoms with Crippen LogP contribution in [0.25, 0.3) is 0 Å². The van der Waals surface area contributed by atoms with Crippen LogP contribution in [0.1, 0.15) is 11.6 Å². The predicted molar refractivity (Wildman–Crippen MR) is 74.3 cm³/mol. The number of nitrogens with one attached hydrogen (secondary N) is 2. The Bertz CT molecular complexity index is 408. The lowest BCUT2D eigenvalue weighted by molar-refractivity contribution is 0.255. The Morgan fingerprint density at radius 3 is 2.00 bits per heavy atom. The fourth-order valence-corrected chi connectivity index (χ4v) is 2.50. The van der Waals surface area contributed by atoms with E-state index < -0.39 is 0 Å². The zero-order chi connectivity index (χ0) is 13.8. The molecule has 2 rings (SSSR count). The highest BCUT2D eigenvalue weighted by molar-refractivity contribution is 5.52. The average molecular weight is 266 g/mol. The first kappa shape index (κ1) is 14.0. The lowest BCUT2D eigenvalue weighted by Gasteiger charge is -2.36. The SMILES string of the molecule is CNC(c1c(OC)cc(OC)cc1OC)C1CNC1. The molecule has 1 aliphatic heterocycles. The summed E-state index contributed by atoms with van der Waals surface area (Å²) in [6.45, 7) is 2.01. The van der Waals surface area contributed by atoms with Crippen molar-refractivity contribution in [3.05, 3.63) is 17.7 Å². The molecule has 0 saturated carbocycles. The van der Waals surface area contributed by atoms with Gasteiger partial charge in [-0.15, -0.1) is 0 Å². The zero-order valence-corrected chi connectivity index (χ0v) is 11.9. The van der Waals surface area contributed by atoms with Crippen LogP contribution >= 0.6 is 0 Å². The van der Waals surface area contributed by atoms with E-state index in [9.17, 15) is 0 Å². The maximum Gasteiger partial charge on any atom is 0.131 e. The van der Waals surface area contributed by atoms with Gasteiger partial charge in [-0.05, 0) is 7.05 Å². The summed E-state index contributed by atoms with van der Waals surface area (Å²) in [6, 6.07) is 4.00. The normalized spacial score (nSPS) is 16.6. The lowest BCUT2D eigenvalue weighted by Crippen LogP contribution is -2.48. The van der Waals surface area contributed by atoms with E-state index in [1.165, 1.54) is 0 Å². The summed E-state index contributed by atoms with van der Waals surface area (Å²) >= 11 is 0. The molecule has 1 aliphatic rings. The van der Waals surface area contributed by atoms with E-state index in [1.807, 2.05) is 19.2 Å². The van der Waals surface area contributed by atoms with Crippen LogP contribution in [0.15, 0.2) is 12.1 Å². The number of hydrogen-bond acceptors (Lipinski definition) is 5. The molecule has 19 heavy (non-hydrogen) atoms. The van der Waals surface area contributed by atoms with Crippen molar-refractivity contribution in [2.45, 2.75) is 6.04 Å². The molecule has 0 aliphatic carbocycles. The molecule has 1 aromatic carbocycles. The molecule has 1 aromatic rings. The van der Waals surface area contributed by atoms with Gasteiger partial charge in [0.2, 0.25) is 0 Å². The van der Waals surface area contributed by atoms with Gasteiger partial charge >= 0.3 is 0 Å². The van der Waals surface area contributed by atoms with Gasteiger partial charge in [0, 0.05) is 37.2 Å². The van der Waals surface area contributed by atoms with Crippen LogP contribution < -0.4 is 24.8 Å². The molecule has 0 aromatic heterocycles. The summed E-state index contributed by atoms with van der Waals surface area (Å²) in [6.07, 6.45) is 0. The Labute approximate surface area is 114 Å². The molecule has 5 nitrogen and oxygen atoms in total. The molecule has 0 radical (unpaired) electrons. The van der Waals surface area contributed by atoms with Crippen molar-refractivity contribution in [3.8, 4) is 17.2 Å². The molecule has 1 unspecified atom stereocenters. The third-order valence-corrected chi connectivity index (χ3v) is 3.66. The largest absolute Gasteiger partial charge is 0.496 e. The molecular formula is C14H22N2O3. The first-order chi connectivity index (χ1) is 9.24. The first-order valence-corrected chi connectivity index (χ1v) is 6.43. The number of ether oxygens (including phenoxy) is 3. The Morgan fingerprint density at radius 2 is 1.68 bits per heavy atom. The van der Waals surface area contributed by atoms with Crippen LogP contribution in [-0.4, -0.2) is 41.5 Å². The topological polar surface area (TPSA) is 51.8 Å². The van der Waals surface area contributed by atoms with Gasteiger partial charge in [0.1, 0.15) is 17.2 Å². The van der Waals surface area contributed by atoms with Crippen LogP contribution in [0.5, 0.6) is 17.2 Å². The van der Waals surface area contributed by atoms with Crippen LogP contribution in [0, 0.1) is 5.92 Å². The van der Waals surface area contributed by atoms with E-state index in [0.29, 0.717) is 5.92 Å². The standard InChI is InChI=1S/C14H22N2O3/c1-15-14(9-7-16-8-9)13-11(18-3)5-10(17-2)6-12(13)19-4/h5-6,9,14-16H,7-8H2,1-4H3. The Kier molecular flexibility index (Phi) is 4.50. The maximum atomic E-state index is 5.51. The van der Waals surface area contributed by atoms with Crippen LogP contribution in [0.3, 0.4) is 0 Å². The van der Waals surface area contributed by atoms with E-state index in [-0.39, 0.29) is 6.04 Å². The third-order valence-electron chi connectivity index (χ3n) is 3.66. The predicted octanol–water partition coefficient (Wildman–Crippen LogP) is 1.19. The van der Waals surface area contributed by atoms with Crippen molar-refractivity contribution in [2.75, 3.05) is 41.5 Å². The van der Waals surface area contributed by atoms with Gasteiger partial charge in [-0.1, -0.05) is 0 Å². The molecule has 1 saturated heterocycles. The minimum absolute atomic E-state index is 0.206. The molecule has 0 amide bonds. The van der Waals surface area contributed by atoms with E-state index in [4.69, 9.17) is 14.2 Å². The molecule has 2 N–H and O–H groups in total. The second-order valence-corrected chi connectivity index (χ2v) is 4.63. The van der Waals surface area contributed by atoms with Crippen molar-refractivity contribution in [1.29, 1.82) is 0 Å². The van der Waals surface area contributed by atoms with Crippen LogP contribution in [0.4, 0.5) is 0 Å². The Balaban J connectivity index is 2.45. The summed E-state index contributed by atoms with van der Waals surface area (Å²) in [7, 11) is 6.94. The molecule has 5 heteroatoms. The van der Waals surface area contributed by atoms with Gasteiger partial charge < -0.3 is 24.8 Å². The van der Waals surface area contributed by atoms with Gasteiger partial charge in [0.25, 0.3) is 0 Å². The highest BCUT2D eigenvalue weighted by Gasteiger charge is 2.32. The highest BCUT2D eigenvalue weighted by atomic mass is 16.5. The first-order valence-electron chi connectivity index (χ1n) is 6.43. The smallest absolute Gasteiger partial charge is 0.131 e. The van der Waals surface area contributed by atoms with Crippen LogP contribution in [0.2, 0.25) is 0 Å². The monoisotopic (exact) mass is 266 g/mol. The molecular weight excluding hydrogens is 244 g/mol. The number of hydrogen-bond donors (Lipinski definition) is 2.